The van der Waals surface area contributed by atoms with Gasteiger partial charge in [0.25, 0.3) is 11.6 Å². The molecule has 2 heterocycles. The minimum atomic E-state index is -0.662. The largest absolute Gasteiger partial charge is 0.296 e. The van der Waals surface area contributed by atoms with Crippen molar-refractivity contribution in [3.05, 3.63) is 38.6 Å². The van der Waals surface area contributed by atoms with E-state index in [4.69, 9.17) is 11.6 Å². The predicted molar refractivity (Wildman–Crippen MR) is 63.8 cm³/mol. The van der Waals surface area contributed by atoms with Gasteiger partial charge in [0, 0.05) is 6.07 Å². The minimum Gasteiger partial charge on any atom is -0.296 e. The first-order valence-corrected chi connectivity index (χ1v) is 5.71. The van der Waals surface area contributed by atoms with Crippen LogP contribution >= 0.6 is 22.9 Å². The van der Waals surface area contributed by atoms with E-state index in [0.29, 0.717) is 0 Å². The number of nitro groups is 1. The lowest BCUT2D eigenvalue weighted by atomic mass is 10.2. The highest BCUT2D eigenvalue weighted by Crippen LogP contribution is 2.20. The van der Waals surface area contributed by atoms with Gasteiger partial charge < -0.3 is 0 Å². The van der Waals surface area contributed by atoms with Crippen molar-refractivity contribution in [3.63, 3.8) is 0 Å². The van der Waals surface area contributed by atoms with E-state index in [9.17, 15) is 14.9 Å². The minimum absolute atomic E-state index is 0.0962. The quantitative estimate of drug-likeness (QED) is 0.522. The average Bonchev–Trinajstić information content (AvgIpc) is 2.81. The zero-order valence-corrected chi connectivity index (χ0v) is 10.1. The van der Waals surface area contributed by atoms with Crippen LogP contribution in [0.1, 0.15) is 10.4 Å². The van der Waals surface area contributed by atoms with Gasteiger partial charge in [-0.2, -0.15) is 0 Å². The van der Waals surface area contributed by atoms with Crippen LogP contribution < -0.4 is 5.32 Å². The van der Waals surface area contributed by atoms with Crippen molar-refractivity contribution in [1.29, 1.82) is 0 Å². The molecule has 2 aromatic rings. The lowest BCUT2D eigenvalue weighted by Crippen LogP contribution is -2.13. The van der Waals surface area contributed by atoms with E-state index < -0.39 is 10.8 Å². The third kappa shape index (κ3) is 2.57. The number of hydrogen-bond donors (Lipinski definition) is 1. The predicted octanol–water partition coefficient (Wildman–Crippen LogP) is 1.75. The summed E-state index contributed by atoms with van der Waals surface area (Å²) in [5, 5.41) is 20.3. The molecule has 92 valence electrons. The fourth-order valence-electron chi connectivity index (χ4n) is 1.09. The van der Waals surface area contributed by atoms with Gasteiger partial charge in [0.1, 0.15) is 16.9 Å². The van der Waals surface area contributed by atoms with Crippen LogP contribution in [-0.4, -0.2) is 26.0 Å². The van der Waals surface area contributed by atoms with E-state index >= 15 is 0 Å². The fourth-order valence-corrected chi connectivity index (χ4v) is 1.72. The first-order valence-electron chi connectivity index (χ1n) is 4.45. The Morgan fingerprint density at radius 1 is 1.56 bits per heavy atom. The molecule has 0 aliphatic carbocycles. The van der Waals surface area contributed by atoms with Gasteiger partial charge in [0.15, 0.2) is 0 Å². The SMILES string of the molecule is O=C(Nc1nncs1)c1cc([N+](=O)[O-])cnc1Cl. The first-order chi connectivity index (χ1) is 8.58. The van der Waals surface area contributed by atoms with Crippen LogP contribution in [0.2, 0.25) is 5.15 Å². The van der Waals surface area contributed by atoms with Gasteiger partial charge in [-0.15, -0.1) is 10.2 Å². The highest BCUT2D eigenvalue weighted by atomic mass is 35.5. The molecule has 0 radical (unpaired) electrons. The average molecular weight is 286 g/mol. The van der Waals surface area contributed by atoms with E-state index in [-0.39, 0.29) is 21.5 Å². The molecule has 1 amide bonds. The molecule has 0 atom stereocenters. The third-order valence-corrected chi connectivity index (χ3v) is 2.77. The van der Waals surface area contributed by atoms with Gasteiger partial charge in [0.05, 0.1) is 10.5 Å². The van der Waals surface area contributed by atoms with Crippen LogP contribution in [0, 0.1) is 10.1 Å². The molecule has 8 nitrogen and oxygen atoms in total. The number of anilines is 1. The second kappa shape index (κ2) is 5.02. The number of rotatable bonds is 3. The number of carbonyl (C=O) groups is 1. The fraction of sp³-hybridized carbons (Fsp3) is 0. The first kappa shape index (κ1) is 12.3. The normalized spacial score (nSPS) is 10.1. The zero-order valence-electron chi connectivity index (χ0n) is 8.53. The van der Waals surface area contributed by atoms with Crippen molar-refractivity contribution >= 4 is 39.7 Å². The van der Waals surface area contributed by atoms with Gasteiger partial charge in [0.2, 0.25) is 5.13 Å². The summed E-state index contributed by atoms with van der Waals surface area (Å²) in [6.07, 6.45) is 0.976. The van der Waals surface area contributed by atoms with Gasteiger partial charge in [-0.3, -0.25) is 20.2 Å². The number of halogens is 1. The highest BCUT2D eigenvalue weighted by Gasteiger charge is 2.17. The Balaban J connectivity index is 2.29. The number of amides is 1. The molecule has 0 spiro atoms. The Kier molecular flexibility index (Phi) is 3.44. The lowest BCUT2D eigenvalue weighted by molar-refractivity contribution is -0.385. The molecule has 18 heavy (non-hydrogen) atoms. The van der Waals surface area contributed by atoms with Crippen molar-refractivity contribution in [2.75, 3.05) is 5.32 Å². The molecule has 0 bridgehead atoms. The summed E-state index contributed by atoms with van der Waals surface area (Å²) in [6.45, 7) is 0. The van der Waals surface area contributed by atoms with E-state index in [1.54, 1.807) is 0 Å². The smallest absolute Gasteiger partial charge is 0.288 e. The van der Waals surface area contributed by atoms with Gasteiger partial charge in [-0.1, -0.05) is 22.9 Å². The summed E-state index contributed by atoms with van der Waals surface area (Å²) in [7, 11) is 0. The molecule has 0 fully saturated rings. The Hall–Kier alpha value is -2.13. The standard InChI is InChI=1S/C8H4ClN5O3S/c9-6-5(1-4(2-10-6)14(16)17)7(15)12-8-13-11-3-18-8/h1-3H,(H,12,13,15). The Labute approximate surface area is 109 Å². The van der Waals surface area contributed by atoms with Crippen LogP contribution in [0.15, 0.2) is 17.8 Å². The second-order valence-electron chi connectivity index (χ2n) is 2.99. The number of pyridine rings is 1. The van der Waals surface area contributed by atoms with Crippen molar-refractivity contribution in [2.45, 2.75) is 0 Å². The summed E-state index contributed by atoms with van der Waals surface area (Å²) in [6, 6.07) is 1.05. The van der Waals surface area contributed by atoms with E-state index in [1.165, 1.54) is 5.51 Å². The van der Waals surface area contributed by atoms with E-state index in [2.05, 4.69) is 20.5 Å². The molecule has 0 saturated heterocycles. The van der Waals surface area contributed by atoms with Crippen molar-refractivity contribution in [1.82, 2.24) is 15.2 Å². The summed E-state index contributed by atoms with van der Waals surface area (Å²) in [5.74, 6) is -0.632. The molecule has 2 aromatic heterocycles. The van der Waals surface area contributed by atoms with Gasteiger partial charge >= 0.3 is 0 Å². The van der Waals surface area contributed by atoms with Gasteiger partial charge in [-0.05, 0) is 0 Å². The number of hydrogen-bond acceptors (Lipinski definition) is 7. The van der Waals surface area contributed by atoms with Crippen LogP contribution in [0.3, 0.4) is 0 Å². The second-order valence-corrected chi connectivity index (χ2v) is 4.18. The van der Waals surface area contributed by atoms with E-state index in [1.807, 2.05) is 0 Å². The molecule has 1 N–H and O–H groups in total. The van der Waals surface area contributed by atoms with Gasteiger partial charge in [-0.25, -0.2) is 4.98 Å². The van der Waals surface area contributed by atoms with Crippen LogP contribution in [0.4, 0.5) is 10.8 Å². The number of aromatic nitrogens is 3. The van der Waals surface area contributed by atoms with Crippen LogP contribution in [0.25, 0.3) is 0 Å². The number of carbonyl (C=O) groups excluding carboxylic acids is 1. The Bertz CT molecular complexity index is 603. The van der Waals surface area contributed by atoms with Crippen molar-refractivity contribution in [2.24, 2.45) is 0 Å². The molecule has 10 heteroatoms. The maximum absolute atomic E-state index is 11.8. The molecule has 0 aliphatic rings. The monoisotopic (exact) mass is 285 g/mol. The topological polar surface area (TPSA) is 111 Å². The molecule has 0 aromatic carbocycles. The van der Waals surface area contributed by atoms with Crippen LogP contribution in [0.5, 0.6) is 0 Å². The molecular weight excluding hydrogens is 282 g/mol. The van der Waals surface area contributed by atoms with E-state index in [0.717, 1.165) is 23.6 Å². The Morgan fingerprint density at radius 3 is 2.94 bits per heavy atom. The maximum Gasteiger partial charge on any atom is 0.288 e. The molecule has 0 unspecified atom stereocenters. The van der Waals surface area contributed by atoms with Crippen molar-refractivity contribution in [3.8, 4) is 0 Å². The summed E-state index contributed by atoms with van der Waals surface area (Å²) < 4.78 is 0. The number of nitrogens with zero attached hydrogens (tertiary/aromatic N) is 4. The van der Waals surface area contributed by atoms with Crippen LogP contribution in [-0.2, 0) is 0 Å². The van der Waals surface area contributed by atoms with Crippen molar-refractivity contribution < 1.29 is 9.72 Å². The summed E-state index contributed by atoms with van der Waals surface area (Å²) >= 11 is 6.82. The molecular formula is C8H4ClN5O3S. The Morgan fingerprint density at radius 2 is 2.33 bits per heavy atom. The summed E-state index contributed by atoms with van der Waals surface area (Å²) in [4.78, 5) is 25.3. The summed E-state index contributed by atoms with van der Waals surface area (Å²) in [5.41, 5.74) is 1.02. The molecule has 0 saturated carbocycles. The highest BCUT2D eigenvalue weighted by molar-refractivity contribution is 7.13. The molecule has 0 aliphatic heterocycles. The number of nitrogens with one attached hydrogen (secondary N) is 1. The lowest BCUT2D eigenvalue weighted by Gasteiger charge is -2.02. The maximum atomic E-state index is 11.8. The third-order valence-electron chi connectivity index (χ3n) is 1.86. The zero-order chi connectivity index (χ0) is 13.1. The molecule has 2 rings (SSSR count).